The van der Waals surface area contributed by atoms with Gasteiger partial charge < -0.3 is 0 Å². The maximum atomic E-state index is 12.9. The number of nitrogens with zero attached hydrogens (tertiary/aromatic N) is 5. The molecule has 1 N–H and O–H groups in total. The quantitative estimate of drug-likeness (QED) is 0.284. The Kier molecular flexibility index (Phi) is 5.69. The van der Waals surface area contributed by atoms with Crippen LogP contribution in [0.2, 0.25) is 5.02 Å². The fourth-order valence-electron chi connectivity index (χ4n) is 3.79. The van der Waals surface area contributed by atoms with E-state index in [1.165, 1.54) is 0 Å². The van der Waals surface area contributed by atoms with Crippen LogP contribution in [0.1, 0.15) is 27.4 Å². The Balaban J connectivity index is 1.46. The van der Waals surface area contributed by atoms with Gasteiger partial charge in [-0.1, -0.05) is 41.9 Å². The molecule has 0 aliphatic rings. The van der Waals surface area contributed by atoms with Crippen LogP contribution in [0.25, 0.3) is 22.5 Å². The molecule has 5 rings (SSSR count). The van der Waals surface area contributed by atoms with Crippen molar-refractivity contribution in [2.75, 3.05) is 0 Å². The number of fused-ring (bicyclic) bond motifs is 1. The number of aryl methyl sites for hydroxylation is 2. The van der Waals surface area contributed by atoms with Gasteiger partial charge in [0.2, 0.25) is 0 Å². The molecule has 168 valence electrons. The summed E-state index contributed by atoms with van der Waals surface area (Å²) in [5, 5.41) is 9.54. The average molecular weight is 469 g/mol. The van der Waals surface area contributed by atoms with Crippen molar-refractivity contribution in [2.45, 2.75) is 13.8 Å². The summed E-state index contributed by atoms with van der Waals surface area (Å²) in [7, 11) is 0. The zero-order valence-corrected chi connectivity index (χ0v) is 19.4. The lowest BCUT2D eigenvalue weighted by Gasteiger charge is -2.02. The van der Waals surface area contributed by atoms with E-state index in [9.17, 15) is 4.79 Å². The summed E-state index contributed by atoms with van der Waals surface area (Å²) in [4.78, 5) is 17.4. The third kappa shape index (κ3) is 4.21. The number of para-hydroxylation sites is 1. The van der Waals surface area contributed by atoms with Gasteiger partial charge in [0.1, 0.15) is 17.0 Å². The number of carbonyl (C=O) groups is 1. The topological polar surface area (TPSA) is 76.6 Å². The van der Waals surface area contributed by atoms with Gasteiger partial charge in [0, 0.05) is 23.0 Å². The number of hydrazone groups is 1. The van der Waals surface area contributed by atoms with Gasteiger partial charge in [0.15, 0.2) is 0 Å². The minimum atomic E-state index is -0.347. The van der Waals surface area contributed by atoms with Gasteiger partial charge in [-0.25, -0.2) is 15.1 Å². The van der Waals surface area contributed by atoms with Gasteiger partial charge in [-0.3, -0.25) is 9.20 Å². The van der Waals surface area contributed by atoms with Crippen molar-refractivity contribution in [1.82, 2.24) is 24.6 Å². The molecule has 0 bridgehead atoms. The number of hydrogen-bond acceptors (Lipinski definition) is 4. The van der Waals surface area contributed by atoms with Gasteiger partial charge >= 0.3 is 0 Å². The van der Waals surface area contributed by atoms with Crippen molar-refractivity contribution in [3.05, 3.63) is 107 Å². The summed E-state index contributed by atoms with van der Waals surface area (Å²) < 4.78 is 3.54. The average Bonchev–Trinajstić information content (AvgIpc) is 3.40. The Morgan fingerprint density at radius 1 is 1.06 bits per heavy atom. The van der Waals surface area contributed by atoms with E-state index >= 15 is 0 Å². The van der Waals surface area contributed by atoms with Crippen LogP contribution in [0, 0.1) is 13.8 Å². The molecule has 0 fully saturated rings. The maximum Gasteiger partial charge on any atom is 0.290 e. The number of hydrogen-bond donors (Lipinski definition) is 1. The Morgan fingerprint density at radius 3 is 2.59 bits per heavy atom. The second kappa shape index (κ2) is 8.96. The number of pyridine rings is 1. The van der Waals surface area contributed by atoms with Crippen molar-refractivity contribution in [3.8, 4) is 16.8 Å². The lowest BCUT2D eigenvalue weighted by Crippen LogP contribution is -2.20. The van der Waals surface area contributed by atoms with Crippen molar-refractivity contribution >= 4 is 29.4 Å². The summed E-state index contributed by atoms with van der Waals surface area (Å²) in [6.07, 6.45) is 5.31. The Morgan fingerprint density at radius 2 is 1.82 bits per heavy atom. The third-order valence-electron chi connectivity index (χ3n) is 5.44. The fourth-order valence-corrected chi connectivity index (χ4v) is 3.92. The van der Waals surface area contributed by atoms with E-state index in [-0.39, 0.29) is 5.91 Å². The van der Waals surface area contributed by atoms with Gasteiger partial charge in [-0.15, -0.1) is 0 Å². The minimum absolute atomic E-state index is 0.347. The molecule has 3 aromatic heterocycles. The fraction of sp³-hybridized carbons (Fsp3) is 0.0769. The molecule has 0 saturated heterocycles. The Hall–Kier alpha value is -4.23. The SMILES string of the molecule is Cc1ccn2c(C(=O)N/N=C\c3nn(-c4ccccc4)cc3-c3ccc(Cl)cc3)c(C)nc2c1. The van der Waals surface area contributed by atoms with Crippen molar-refractivity contribution < 1.29 is 4.79 Å². The monoisotopic (exact) mass is 468 g/mol. The molecular formula is C26H21ClN6O. The molecule has 7 nitrogen and oxygen atoms in total. The van der Waals surface area contributed by atoms with E-state index in [0.717, 1.165) is 28.0 Å². The molecule has 8 heteroatoms. The number of carbonyl (C=O) groups excluding carboxylic acids is 1. The zero-order valence-electron chi connectivity index (χ0n) is 18.6. The van der Waals surface area contributed by atoms with Crippen LogP contribution in [-0.2, 0) is 0 Å². The van der Waals surface area contributed by atoms with Gasteiger partial charge in [-0.2, -0.15) is 10.2 Å². The first-order chi connectivity index (χ1) is 16.5. The minimum Gasteiger partial charge on any atom is -0.295 e. The summed E-state index contributed by atoms with van der Waals surface area (Å²) in [5.74, 6) is -0.347. The summed E-state index contributed by atoms with van der Waals surface area (Å²) in [6.45, 7) is 3.79. The number of imidazole rings is 1. The highest BCUT2D eigenvalue weighted by atomic mass is 35.5. The summed E-state index contributed by atoms with van der Waals surface area (Å²) in [6, 6.07) is 21.2. The molecule has 5 aromatic rings. The van der Waals surface area contributed by atoms with E-state index in [1.807, 2.05) is 86.0 Å². The van der Waals surface area contributed by atoms with Crippen LogP contribution in [0.15, 0.2) is 84.2 Å². The molecule has 0 spiro atoms. The van der Waals surface area contributed by atoms with Crippen molar-refractivity contribution in [3.63, 3.8) is 0 Å². The zero-order chi connectivity index (χ0) is 23.7. The lowest BCUT2D eigenvalue weighted by atomic mass is 10.1. The van der Waals surface area contributed by atoms with Crippen molar-refractivity contribution in [2.24, 2.45) is 5.10 Å². The van der Waals surface area contributed by atoms with Gasteiger partial charge in [0.05, 0.1) is 17.6 Å². The van der Waals surface area contributed by atoms with Gasteiger partial charge in [0.25, 0.3) is 5.91 Å². The standard InChI is InChI=1S/C26H21ClN6O/c1-17-12-13-32-24(14-17)29-18(2)25(32)26(34)30-28-15-23-22(19-8-10-20(27)11-9-19)16-33(31-23)21-6-4-3-5-7-21/h3-16H,1-2H3,(H,30,34)/b28-15-. The second-order valence-corrected chi connectivity index (χ2v) is 8.33. The molecular weight excluding hydrogens is 448 g/mol. The van der Waals surface area contributed by atoms with E-state index in [1.54, 1.807) is 22.2 Å². The molecule has 3 heterocycles. The largest absolute Gasteiger partial charge is 0.295 e. The molecule has 0 unspecified atom stereocenters. The van der Waals surface area contributed by atoms with Crippen LogP contribution in [0.3, 0.4) is 0 Å². The van der Waals surface area contributed by atoms with Crippen LogP contribution < -0.4 is 5.43 Å². The number of halogens is 1. The van der Waals surface area contributed by atoms with E-state index in [0.29, 0.717) is 22.1 Å². The highest BCUT2D eigenvalue weighted by molar-refractivity contribution is 6.30. The Bertz CT molecular complexity index is 1520. The smallest absolute Gasteiger partial charge is 0.290 e. The molecule has 0 saturated carbocycles. The lowest BCUT2D eigenvalue weighted by molar-refractivity contribution is 0.0948. The van der Waals surface area contributed by atoms with E-state index < -0.39 is 0 Å². The normalized spacial score (nSPS) is 11.4. The van der Waals surface area contributed by atoms with Crippen LogP contribution in [-0.4, -0.2) is 31.3 Å². The van der Waals surface area contributed by atoms with Crippen LogP contribution in [0.5, 0.6) is 0 Å². The van der Waals surface area contributed by atoms with E-state index in [4.69, 9.17) is 11.6 Å². The van der Waals surface area contributed by atoms with E-state index in [2.05, 4.69) is 20.6 Å². The maximum absolute atomic E-state index is 12.9. The molecule has 0 aliphatic heterocycles. The highest BCUT2D eigenvalue weighted by Crippen LogP contribution is 2.25. The molecule has 1 amide bonds. The number of rotatable bonds is 5. The second-order valence-electron chi connectivity index (χ2n) is 7.89. The first-order valence-corrected chi connectivity index (χ1v) is 11.1. The van der Waals surface area contributed by atoms with Gasteiger partial charge in [-0.05, 0) is 61.4 Å². The summed E-state index contributed by atoms with van der Waals surface area (Å²) in [5.41, 5.74) is 8.81. The molecule has 0 aliphatic carbocycles. The number of aromatic nitrogens is 4. The first kappa shape index (κ1) is 21.6. The predicted octanol–water partition coefficient (Wildman–Crippen LogP) is 5.22. The molecule has 0 radical (unpaired) electrons. The highest BCUT2D eigenvalue weighted by Gasteiger charge is 2.16. The number of amides is 1. The van der Waals surface area contributed by atoms with Crippen molar-refractivity contribution in [1.29, 1.82) is 0 Å². The molecule has 2 aromatic carbocycles. The van der Waals surface area contributed by atoms with Crippen LogP contribution >= 0.6 is 11.6 Å². The Labute approximate surface area is 201 Å². The van der Waals surface area contributed by atoms with Crippen LogP contribution in [0.4, 0.5) is 0 Å². The first-order valence-electron chi connectivity index (χ1n) is 10.7. The summed E-state index contributed by atoms with van der Waals surface area (Å²) >= 11 is 6.07. The molecule has 34 heavy (non-hydrogen) atoms. The predicted molar refractivity (Wildman–Crippen MR) is 134 cm³/mol. The number of benzene rings is 2. The number of nitrogens with one attached hydrogen (secondary N) is 1. The molecule has 0 atom stereocenters. The third-order valence-corrected chi connectivity index (χ3v) is 5.69.